The molecule has 3 rings (SSSR count). The lowest BCUT2D eigenvalue weighted by Crippen LogP contribution is -2.33. The first kappa shape index (κ1) is 28.5. The summed E-state index contributed by atoms with van der Waals surface area (Å²) in [4.78, 5) is 14.4. The van der Waals surface area contributed by atoms with E-state index in [0.717, 1.165) is 41.0 Å². The second-order valence-corrected chi connectivity index (χ2v) is 11.4. The lowest BCUT2D eigenvalue weighted by atomic mass is 10.1. The number of nitriles is 1. The molecule has 9 nitrogen and oxygen atoms in total. The molecule has 0 aliphatic carbocycles. The third-order valence-corrected chi connectivity index (χ3v) is 6.72. The highest BCUT2D eigenvalue weighted by atomic mass is 32.1. The summed E-state index contributed by atoms with van der Waals surface area (Å²) in [6.45, 7) is 15.8. The van der Waals surface area contributed by atoms with E-state index < -0.39 is 5.60 Å². The molecule has 0 unspecified atom stereocenters. The SMILES string of the molecule is C/C=C\C(OC(C)C)=C(\C#N)CCc1nnc(-n2nc3c(c2C)CN(CCC(=O)OC(C)(C)C)CC3)s1. The summed E-state index contributed by atoms with van der Waals surface area (Å²) in [5.41, 5.74) is 3.43. The summed E-state index contributed by atoms with van der Waals surface area (Å²) in [5, 5.41) is 24.8. The Balaban J connectivity index is 1.66. The van der Waals surface area contributed by atoms with Crippen LogP contribution in [-0.4, -0.2) is 55.6 Å². The number of ether oxygens (including phenoxy) is 2. The standard InChI is InChI=1S/C27H38N6O3S/c1-8-9-23(35-18(2)3)20(16-28)10-11-24-29-30-26(37-24)33-19(4)21-17-32(14-12-22(21)31-33)15-13-25(34)36-27(5,6)7/h8-9,18H,10-15,17H2,1-7H3/b9-8-,23-20-. The van der Waals surface area contributed by atoms with Gasteiger partial charge in [0.15, 0.2) is 0 Å². The van der Waals surface area contributed by atoms with Gasteiger partial charge in [0.1, 0.15) is 16.4 Å². The Morgan fingerprint density at radius 3 is 2.68 bits per heavy atom. The van der Waals surface area contributed by atoms with Crippen molar-refractivity contribution in [2.75, 3.05) is 13.1 Å². The molecule has 0 saturated heterocycles. The van der Waals surface area contributed by atoms with E-state index in [1.165, 1.54) is 16.9 Å². The number of rotatable bonds is 10. The number of esters is 1. The van der Waals surface area contributed by atoms with Gasteiger partial charge in [0.05, 0.1) is 29.9 Å². The van der Waals surface area contributed by atoms with E-state index in [-0.39, 0.29) is 12.1 Å². The molecule has 1 aliphatic heterocycles. The number of nitrogens with zero attached hydrogens (tertiary/aromatic N) is 6. The van der Waals surface area contributed by atoms with E-state index in [4.69, 9.17) is 14.6 Å². The molecule has 0 amide bonds. The van der Waals surface area contributed by atoms with Crippen molar-refractivity contribution in [2.24, 2.45) is 0 Å². The van der Waals surface area contributed by atoms with Crippen LogP contribution in [0.4, 0.5) is 0 Å². The normalized spacial score (nSPS) is 15.0. The zero-order chi connectivity index (χ0) is 27.2. The molecule has 0 bridgehead atoms. The number of hydrogen-bond donors (Lipinski definition) is 0. The molecule has 10 heteroatoms. The number of aryl methyl sites for hydroxylation is 1. The van der Waals surface area contributed by atoms with Gasteiger partial charge in [0.2, 0.25) is 5.13 Å². The molecule has 200 valence electrons. The van der Waals surface area contributed by atoms with Crippen molar-refractivity contribution >= 4 is 17.3 Å². The Kier molecular flexibility index (Phi) is 9.62. The molecule has 0 fully saturated rings. The van der Waals surface area contributed by atoms with E-state index in [0.29, 0.717) is 37.1 Å². The van der Waals surface area contributed by atoms with Crippen LogP contribution in [-0.2, 0) is 33.7 Å². The van der Waals surface area contributed by atoms with Crippen molar-refractivity contribution in [3.8, 4) is 11.2 Å². The highest BCUT2D eigenvalue weighted by Gasteiger charge is 2.25. The lowest BCUT2D eigenvalue weighted by Gasteiger charge is -2.27. The van der Waals surface area contributed by atoms with Crippen molar-refractivity contribution in [3.63, 3.8) is 0 Å². The zero-order valence-corrected chi connectivity index (χ0v) is 23.8. The maximum Gasteiger partial charge on any atom is 0.307 e. The van der Waals surface area contributed by atoms with Gasteiger partial charge in [0.25, 0.3) is 0 Å². The molecule has 0 atom stereocenters. The average molecular weight is 527 g/mol. The van der Waals surface area contributed by atoms with Crippen LogP contribution in [0.1, 0.15) is 76.3 Å². The van der Waals surface area contributed by atoms with Crippen LogP contribution in [0.15, 0.2) is 23.5 Å². The van der Waals surface area contributed by atoms with Gasteiger partial charge in [-0.15, -0.1) is 10.2 Å². The van der Waals surface area contributed by atoms with Gasteiger partial charge in [-0.25, -0.2) is 4.68 Å². The molecule has 2 aromatic heterocycles. The number of carbonyl (C=O) groups is 1. The predicted octanol–water partition coefficient (Wildman–Crippen LogP) is 4.83. The second kappa shape index (κ2) is 12.5. The largest absolute Gasteiger partial charge is 0.490 e. The fourth-order valence-electron chi connectivity index (χ4n) is 4.10. The molecule has 0 spiro atoms. The molecular weight excluding hydrogens is 488 g/mol. The third-order valence-electron chi connectivity index (χ3n) is 5.76. The second-order valence-electron chi connectivity index (χ2n) is 10.4. The highest BCUT2D eigenvalue weighted by Crippen LogP contribution is 2.27. The summed E-state index contributed by atoms with van der Waals surface area (Å²) in [6, 6.07) is 2.28. The number of aromatic nitrogens is 4. The van der Waals surface area contributed by atoms with Crippen molar-refractivity contribution in [1.82, 2.24) is 24.9 Å². The topological polar surface area (TPSA) is 106 Å². The van der Waals surface area contributed by atoms with Gasteiger partial charge in [-0.3, -0.25) is 9.69 Å². The first-order valence-electron chi connectivity index (χ1n) is 12.8. The molecular formula is C27H38N6O3S. The smallest absolute Gasteiger partial charge is 0.307 e. The Morgan fingerprint density at radius 1 is 1.27 bits per heavy atom. The molecule has 0 N–H and O–H groups in total. The molecule has 0 saturated carbocycles. The minimum absolute atomic E-state index is 0.00950. The summed E-state index contributed by atoms with van der Waals surface area (Å²) < 4.78 is 13.1. The Labute approximate surface area is 223 Å². The number of carbonyl (C=O) groups excluding carboxylic acids is 1. The first-order chi connectivity index (χ1) is 17.5. The lowest BCUT2D eigenvalue weighted by molar-refractivity contribution is -0.155. The molecule has 37 heavy (non-hydrogen) atoms. The minimum Gasteiger partial charge on any atom is -0.490 e. The van der Waals surface area contributed by atoms with E-state index >= 15 is 0 Å². The minimum atomic E-state index is -0.465. The Bertz CT molecular complexity index is 1200. The van der Waals surface area contributed by atoms with Crippen molar-refractivity contribution < 1.29 is 14.3 Å². The molecule has 0 aromatic carbocycles. The van der Waals surface area contributed by atoms with Crippen molar-refractivity contribution in [2.45, 2.75) is 92.4 Å². The van der Waals surface area contributed by atoms with Crippen molar-refractivity contribution in [3.05, 3.63) is 45.4 Å². The van der Waals surface area contributed by atoms with E-state index in [1.807, 2.05) is 65.3 Å². The van der Waals surface area contributed by atoms with Gasteiger partial charge in [-0.05, 0) is 61.0 Å². The predicted molar refractivity (Wildman–Crippen MR) is 143 cm³/mol. The third kappa shape index (κ3) is 7.98. The molecule has 3 heterocycles. The number of allylic oxidation sites excluding steroid dienone is 3. The maximum atomic E-state index is 12.1. The quantitative estimate of drug-likeness (QED) is 0.187. The Morgan fingerprint density at radius 2 is 2.03 bits per heavy atom. The average Bonchev–Trinajstić information content (AvgIpc) is 3.41. The van der Waals surface area contributed by atoms with Crippen molar-refractivity contribution in [1.29, 1.82) is 5.26 Å². The van der Waals surface area contributed by atoms with Gasteiger partial charge < -0.3 is 9.47 Å². The summed E-state index contributed by atoms with van der Waals surface area (Å²) in [6.07, 6.45) is 6.02. The summed E-state index contributed by atoms with van der Waals surface area (Å²) in [7, 11) is 0. The number of hydrogen-bond acceptors (Lipinski definition) is 9. The van der Waals surface area contributed by atoms with Crippen LogP contribution < -0.4 is 0 Å². The van der Waals surface area contributed by atoms with E-state index in [1.54, 1.807) is 0 Å². The first-order valence-corrected chi connectivity index (χ1v) is 13.6. The fourth-order valence-corrected chi connectivity index (χ4v) is 4.94. The van der Waals surface area contributed by atoms with Crippen LogP contribution in [0, 0.1) is 18.3 Å². The van der Waals surface area contributed by atoms with Crippen LogP contribution in [0.25, 0.3) is 5.13 Å². The highest BCUT2D eigenvalue weighted by molar-refractivity contribution is 7.13. The van der Waals surface area contributed by atoms with Crippen LogP contribution in [0.2, 0.25) is 0 Å². The van der Waals surface area contributed by atoms with Gasteiger partial charge in [-0.1, -0.05) is 17.4 Å². The number of fused-ring (bicyclic) bond motifs is 1. The molecule has 2 aromatic rings. The maximum absolute atomic E-state index is 12.1. The Hall–Kier alpha value is -3.03. The van der Waals surface area contributed by atoms with E-state index in [2.05, 4.69) is 21.2 Å². The monoisotopic (exact) mass is 526 g/mol. The van der Waals surface area contributed by atoms with Gasteiger partial charge in [0, 0.05) is 43.7 Å². The summed E-state index contributed by atoms with van der Waals surface area (Å²) in [5.74, 6) is 0.437. The van der Waals surface area contributed by atoms with Gasteiger partial charge >= 0.3 is 5.97 Å². The fraction of sp³-hybridized carbons (Fsp3) is 0.593. The molecule has 0 radical (unpaired) electrons. The summed E-state index contributed by atoms with van der Waals surface area (Å²) >= 11 is 1.49. The van der Waals surface area contributed by atoms with Crippen LogP contribution in [0.3, 0.4) is 0 Å². The molecule has 1 aliphatic rings. The zero-order valence-electron chi connectivity index (χ0n) is 23.0. The van der Waals surface area contributed by atoms with E-state index in [9.17, 15) is 10.1 Å². The van der Waals surface area contributed by atoms with Crippen LogP contribution >= 0.6 is 11.3 Å². The van der Waals surface area contributed by atoms with Gasteiger partial charge in [-0.2, -0.15) is 10.4 Å². The van der Waals surface area contributed by atoms with Crippen LogP contribution in [0.5, 0.6) is 0 Å².